The summed E-state index contributed by atoms with van der Waals surface area (Å²) in [5, 5.41) is 1.88. The van der Waals surface area contributed by atoms with Crippen LogP contribution in [0.1, 0.15) is 12.8 Å². The number of nitrogens with one attached hydrogen (secondary N) is 1. The summed E-state index contributed by atoms with van der Waals surface area (Å²) < 4.78 is 26.3. The molecule has 1 aromatic heterocycles. The van der Waals surface area contributed by atoms with Crippen LogP contribution in [0.4, 0.5) is 0 Å². The summed E-state index contributed by atoms with van der Waals surface area (Å²) >= 11 is 6.99. The summed E-state index contributed by atoms with van der Waals surface area (Å²) in [5.41, 5.74) is 0. The summed E-state index contributed by atoms with van der Waals surface area (Å²) in [6.45, 7) is 0. The molecule has 1 saturated carbocycles. The molecule has 6 heteroatoms. The lowest BCUT2D eigenvalue weighted by atomic mass is 9.94. The predicted octanol–water partition coefficient (Wildman–Crippen LogP) is 1.80. The van der Waals surface area contributed by atoms with Crippen LogP contribution in [-0.4, -0.2) is 19.8 Å². The van der Waals surface area contributed by atoms with Gasteiger partial charge in [0.25, 0.3) is 0 Å². The van der Waals surface area contributed by atoms with Gasteiger partial charge in [0.05, 0.1) is 0 Å². The molecule has 1 aliphatic carbocycles. The second kappa shape index (κ2) is 3.81. The molecule has 0 aromatic carbocycles. The lowest BCUT2D eigenvalue weighted by Crippen LogP contribution is -2.44. The molecule has 0 unspecified atom stereocenters. The minimum atomic E-state index is -3.29. The van der Waals surface area contributed by atoms with Gasteiger partial charge in [-0.3, -0.25) is 0 Å². The van der Waals surface area contributed by atoms with Crippen LogP contribution in [-0.2, 0) is 10.0 Å². The maximum Gasteiger partial charge on any atom is 0.250 e. The van der Waals surface area contributed by atoms with Gasteiger partial charge in [-0.25, -0.2) is 13.1 Å². The number of alkyl halides is 1. The lowest BCUT2D eigenvalue weighted by molar-refractivity contribution is 0.391. The summed E-state index contributed by atoms with van der Waals surface area (Å²) in [6.07, 6.45) is 1.46. The molecule has 1 heterocycles. The molecule has 14 heavy (non-hydrogen) atoms. The zero-order valence-electron chi connectivity index (χ0n) is 7.31. The molecule has 0 spiro atoms. The molecule has 0 atom stereocenters. The fraction of sp³-hybridized carbons (Fsp3) is 0.500. The molecule has 0 bridgehead atoms. The molecule has 1 aromatic rings. The van der Waals surface area contributed by atoms with Crippen molar-refractivity contribution in [1.29, 1.82) is 0 Å². The molecular formula is C8H10ClNO2S2. The van der Waals surface area contributed by atoms with Crippen molar-refractivity contribution in [1.82, 2.24) is 4.72 Å². The van der Waals surface area contributed by atoms with Crippen LogP contribution in [0.25, 0.3) is 0 Å². The third kappa shape index (κ3) is 2.11. The van der Waals surface area contributed by atoms with E-state index >= 15 is 0 Å². The van der Waals surface area contributed by atoms with Gasteiger partial charge in [-0.05, 0) is 24.3 Å². The van der Waals surface area contributed by atoms with E-state index in [-0.39, 0.29) is 11.4 Å². The Hall–Kier alpha value is -0.100. The van der Waals surface area contributed by atoms with E-state index in [1.807, 2.05) is 0 Å². The minimum absolute atomic E-state index is 0.0181. The molecular weight excluding hydrogens is 242 g/mol. The molecule has 3 nitrogen and oxygen atoms in total. The summed E-state index contributed by atoms with van der Waals surface area (Å²) in [4.78, 5) is 0. The van der Waals surface area contributed by atoms with Gasteiger partial charge in [0.15, 0.2) is 0 Å². The SMILES string of the molecule is O=S(=O)(NC1CC(Cl)C1)c1cccs1. The number of halogens is 1. The van der Waals surface area contributed by atoms with Gasteiger partial charge < -0.3 is 0 Å². The van der Waals surface area contributed by atoms with Crippen molar-refractivity contribution in [3.8, 4) is 0 Å². The summed E-state index contributed by atoms with van der Waals surface area (Å²) in [5.74, 6) is 0. The zero-order valence-corrected chi connectivity index (χ0v) is 9.70. The first-order chi connectivity index (χ1) is 6.58. The van der Waals surface area contributed by atoms with Gasteiger partial charge in [0, 0.05) is 11.4 Å². The number of rotatable bonds is 3. The van der Waals surface area contributed by atoms with Crippen molar-refractivity contribution in [3.63, 3.8) is 0 Å². The van der Waals surface area contributed by atoms with E-state index in [1.54, 1.807) is 17.5 Å². The first-order valence-electron chi connectivity index (χ1n) is 4.28. The van der Waals surface area contributed by atoms with E-state index in [9.17, 15) is 8.42 Å². The summed E-state index contributed by atoms with van der Waals surface area (Å²) in [6, 6.07) is 3.35. The van der Waals surface area contributed by atoms with Crippen LogP contribution >= 0.6 is 22.9 Å². The molecule has 1 N–H and O–H groups in total. The van der Waals surface area contributed by atoms with E-state index < -0.39 is 10.0 Å². The summed E-state index contributed by atoms with van der Waals surface area (Å²) in [7, 11) is -3.29. The van der Waals surface area contributed by atoms with Gasteiger partial charge in [-0.15, -0.1) is 22.9 Å². The number of sulfonamides is 1. The van der Waals surface area contributed by atoms with Gasteiger partial charge in [0.1, 0.15) is 4.21 Å². The molecule has 0 radical (unpaired) electrons. The van der Waals surface area contributed by atoms with Crippen LogP contribution < -0.4 is 4.72 Å². The highest BCUT2D eigenvalue weighted by Gasteiger charge is 2.31. The first-order valence-corrected chi connectivity index (χ1v) is 7.08. The fourth-order valence-corrected chi connectivity index (χ4v) is 4.04. The number of hydrogen-bond donors (Lipinski definition) is 1. The maximum atomic E-state index is 11.7. The van der Waals surface area contributed by atoms with Crippen LogP contribution in [0.5, 0.6) is 0 Å². The smallest absolute Gasteiger partial charge is 0.207 e. The van der Waals surface area contributed by atoms with Gasteiger partial charge in [-0.1, -0.05) is 6.07 Å². The Bertz CT molecular complexity index is 395. The Balaban J connectivity index is 2.04. The highest BCUT2D eigenvalue weighted by atomic mass is 35.5. The highest BCUT2D eigenvalue weighted by molar-refractivity contribution is 7.91. The Labute approximate surface area is 92.1 Å². The number of thiophene rings is 1. The topological polar surface area (TPSA) is 46.2 Å². The lowest BCUT2D eigenvalue weighted by Gasteiger charge is -2.30. The monoisotopic (exact) mass is 251 g/mol. The number of hydrogen-bond acceptors (Lipinski definition) is 3. The first kappa shape index (κ1) is 10.4. The molecule has 0 aliphatic heterocycles. The Kier molecular flexibility index (Phi) is 2.83. The maximum absolute atomic E-state index is 11.7. The molecule has 2 rings (SSSR count). The predicted molar refractivity (Wildman–Crippen MR) is 57.3 cm³/mol. The van der Waals surface area contributed by atoms with Gasteiger partial charge >= 0.3 is 0 Å². The average Bonchev–Trinajstić information content (AvgIpc) is 2.52. The second-order valence-electron chi connectivity index (χ2n) is 3.32. The van der Waals surface area contributed by atoms with Crippen LogP contribution in [0.3, 0.4) is 0 Å². The van der Waals surface area contributed by atoms with Crippen molar-refractivity contribution in [3.05, 3.63) is 17.5 Å². The average molecular weight is 252 g/mol. The minimum Gasteiger partial charge on any atom is -0.207 e. The normalized spacial score (nSPS) is 27.2. The van der Waals surface area contributed by atoms with Crippen molar-refractivity contribution in [2.24, 2.45) is 0 Å². The van der Waals surface area contributed by atoms with Crippen LogP contribution in [0, 0.1) is 0 Å². The molecule has 78 valence electrons. The zero-order chi connectivity index (χ0) is 10.2. The Morgan fingerprint density at radius 2 is 2.21 bits per heavy atom. The molecule has 0 saturated heterocycles. The molecule has 1 aliphatic rings. The van der Waals surface area contributed by atoms with Gasteiger partial charge in [0.2, 0.25) is 10.0 Å². The van der Waals surface area contributed by atoms with E-state index in [1.165, 1.54) is 11.3 Å². The van der Waals surface area contributed by atoms with Crippen molar-refractivity contribution in [2.75, 3.05) is 0 Å². The third-order valence-electron chi connectivity index (χ3n) is 2.16. The van der Waals surface area contributed by atoms with Crippen molar-refractivity contribution in [2.45, 2.75) is 28.5 Å². The fourth-order valence-electron chi connectivity index (χ4n) is 1.34. The van der Waals surface area contributed by atoms with Gasteiger partial charge in [-0.2, -0.15) is 0 Å². The highest BCUT2D eigenvalue weighted by Crippen LogP contribution is 2.27. The molecule has 1 fully saturated rings. The Morgan fingerprint density at radius 1 is 1.50 bits per heavy atom. The molecule has 0 amide bonds. The van der Waals surface area contributed by atoms with Crippen LogP contribution in [0.15, 0.2) is 21.7 Å². The van der Waals surface area contributed by atoms with Crippen LogP contribution in [0.2, 0.25) is 0 Å². The standard InChI is InChI=1S/C8H10ClNO2S2/c9-6-4-7(5-6)10-14(11,12)8-2-1-3-13-8/h1-3,6-7,10H,4-5H2. The van der Waals surface area contributed by atoms with Crippen molar-refractivity contribution >= 4 is 33.0 Å². The quantitative estimate of drug-likeness (QED) is 0.833. The Morgan fingerprint density at radius 3 is 2.71 bits per heavy atom. The second-order valence-corrected chi connectivity index (χ2v) is 6.82. The van der Waals surface area contributed by atoms with E-state index in [0.29, 0.717) is 4.21 Å². The van der Waals surface area contributed by atoms with E-state index in [0.717, 1.165) is 12.8 Å². The van der Waals surface area contributed by atoms with Crippen molar-refractivity contribution < 1.29 is 8.42 Å². The largest absolute Gasteiger partial charge is 0.250 e. The van der Waals surface area contributed by atoms with E-state index in [4.69, 9.17) is 11.6 Å². The third-order valence-corrected chi connectivity index (χ3v) is 5.44. The van der Waals surface area contributed by atoms with E-state index in [2.05, 4.69) is 4.72 Å².